The van der Waals surface area contributed by atoms with Crippen molar-refractivity contribution >= 4 is 11.8 Å². The highest BCUT2D eigenvalue weighted by molar-refractivity contribution is 8.00. The lowest BCUT2D eigenvalue weighted by atomic mass is 10.2. The molecule has 0 amide bonds. The van der Waals surface area contributed by atoms with E-state index in [-0.39, 0.29) is 11.1 Å². The van der Waals surface area contributed by atoms with Crippen molar-refractivity contribution in [1.82, 2.24) is 14.8 Å². The van der Waals surface area contributed by atoms with E-state index in [1.165, 1.54) is 17.8 Å². The van der Waals surface area contributed by atoms with Gasteiger partial charge in [0, 0.05) is 6.54 Å². The van der Waals surface area contributed by atoms with Crippen LogP contribution in [0.5, 0.6) is 0 Å². The maximum Gasteiger partial charge on any atom is 0.192 e. The molecule has 0 aliphatic rings. The minimum atomic E-state index is -0.320. The van der Waals surface area contributed by atoms with Gasteiger partial charge in [-0.2, -0.15) is 5.26 Å². The number of halogens is 1. The molecular weight excluding hydrogens is 287 g/mol. The summed E-state index contributed by atoms with van der Waals surface area (Å²) in [7, 11) is 0. The summed E-state index contributed by atoms with van der Waals surface area (Å²) in [6, 6.07) is 8.69. The van der Waals surface area contributed by atoms with Crippen LogP contribution >= 0.6 is 11.8 Å². The number of rotatable bonds is 5. The molecule has 0 saturated carbocycles. The van der Waals surface area contributed by atoms with Crippen LogP contribution in [0.3, 0.4) is 0 Å². The van der Waals surface area contributed by atoms with Crippen molar-refractivity contribution in [3.8, 4) is 17.5 Å². The van der Waals surface area contributed by atoms with Crippen LogP contribution in [0, 0.1) is 23.1 Å². The van der Waals surface area contributed by atoms with E-state index < -0.39 is 0 Å². The van der Waals surface area contributed by atoms with Gasteiger partial charge < -0.3 is 4.57 Å². The van der Waals surface area contributed by atoms with Crippen molar-refractivity contribution in [2.24, 2.45) is 5.92 Å². The van der Waals surface area contributed by atoms with Crippen LogP contribution in [0.1, 0.15) is 20.8 Å². The molecule has 110 valence electrons. The molecule has 0 N–H and O–H groups in total. The SMILES string of the molecule is CC(C)Cn1c(SC(C)C#N)nnc1-c1ccccc1F. The monoisotopic (exact) mass is 304 g/mol. The highest BCUT2D eigenvalue weighted by Gasteiger charge is 2.19. The fourth-order valence-electron chi connectivity index (χ4n) is 1.93. The van der Waals surface area contributed by atoms with Gasteiger partial charge in [0.1, 0.15) is 5.82 Å². The summed E-state index contributed by atoms with van der Waals surface area (Å²) in [6.45, 7) is 6.64. The average Bonchev–Trinajstić information content (AvgIpc) is 2.81. The van der Waals surface area contributed by atoms with Crippen LogP contribution in [0.25, 0.3) is 11.4 Å². The Labute approximate surface area is 128 Å². The molecule has 0 saturated heterocycles. The Balaban J connectivity index is 2.47. The molecule has 0 aliphatic carbocycles. The van der Waals surface area contributed by atoms with Crippen molar-refractivity contribution < 1.29 is 4.39 Å². The zero-order valence-corrected chi connectivity index (χ0v) is 13.1. The van der Waals surface area contributed by atoms with Gasteiger partial charge in [-0.15, -0.1) is 10.2 Å². The second-order valence-electron chi connectivity index (χ2n) is 5.18. The number of aromatic nitrogens is 3. The van der Waals surface area contributed by atoms with Crippen molar-refractivity contribution in [1.29, 1.82) is 5.26 Å². The molecule has 0 radical (unpaired) electrons. The molecule has 2 rings (SSSR count). The van der Waals surface area contributed by atoms with Gasteiger partial charge in [0.2, 0.25) is 0 Å². The van der Waals surface area contributed by atoms with E-state index >= 15 is 0 Å². The van der Waals surface area contributed by atoms with Crippen molar-refractivity contribution in [3.63, 3.8) is 0 Å². The van der Waals surface area contributed by atoms with Gasteiger partial charge >= 0.3 is 0 Å². The fourth-order valence-corrected chi connectivity index (χ4v) is 2.68. The zero-order chi connectivity index (χ0) is 15.4. The van der Waals surface area contributed by atoms with E-state index in [2.05, 4.69) is 30.1 Å². The Morgan fingerprint density at radius 3 is 2.62 bits per heavy atom. The van der Waals surface area contributed by atoms with E-state index in [9.17, 15) is 4.39 Å². The smallest absolute Gasteiger partial charge is 0.192 e. The van der Waals surface area contributed by atoms with E-state index in [0.29, 0.717) is 29.0 Å². The third kappa shape index (κ3) is 3.61. The molecule has 1 aromatic carbocycles. The van der Waals surface area contributed by atoms with Crippen LogP contribution in [0.15, 0.2) is 29.4 Å². The molecule has 21 heavy (non-hydrogen) atoms. The summed E-state index contributed by atoms with van der Waals surface area (Å²) in [5.41, 5.74) is 0.433. The lowest BCUT2D eigenvalue weighted by Crippen LogP contribution is -2.09. The normalized spacial score (nSPS) is 12.4. The van der Waals surface area contributed by atoms with Gasteiger partial charge in [-0.3, -0.25) is 0 Å². The van der Waals surface area contributed by atoms with Crippen LogP contribution in [-0.2, 0) is 6.54 Å². The summed E-state index contributed by atoms with van der Waals surface area (Å²) in [6.07, 6.45) is 0. The second kappa shape index (κ2) is 6.72. The van der Waals surface area contributed by atoms with Crippen molar-refractivity contribution in [2.75, 3.05) is 0 Å². The van der Waals surface area contributed by atoms with Crippen LogP contribution in [0.4, 0.5) is 4.39 Å². The fraction of sp³-hybridized carbons (Fsp3) is 0.400. The number of nitriles is 1. The Hall–Kier alpha value is -1.87. The molecule has 6 heteroatoms. The Morgan fingerprint density at radius 2 is 2.00 bits per heavy atom. The highest BCUT2D eigenvalue weighted by atomic mass is 32.2. The third-order valence-electron chi connectivity index (χ3n) is 2.84. The predicted molar refractivity (Wildman–Crippen MR) is 81.2 cm³/mol. The Bertz CT molecular complexity index is 660. The van der Waals surface area contributed by atoms with Crippen LogP contribution in [0.2, 0.25) is 0 Å². The van der Waals surface area contributed by atoms with Gasteiger partial charge in [0.25, 0.3) is 0 Å². The van der Waals surface area contributed by atoms with Gasteiger partial charge in [-0.25, -0.2) is 4.39 Å². The highest BCUT2D eigenvalue weighted by Crippen LogP contribution is 2.28. The minimum Gasteiger partial charge on any atom is -0.302 e. The number of thioether (sulfide) groups is 1. The summed E-state index contributed by atoms with van der Waals surface area (Å²) in [5, 5.41) is 17.6. The first kappa shape index (κ1) is 15.5. The molecule has 0 aliphatic heterocycles. The first-order chi connectivity index (χ1) is 10.0. The number of hydrogen-bond donors (Lipinski definition) is 0. The lowest BCUT2D eigenvalue weighted by Gasteiger charge is -2.13. The molecule has 1 aromatic heterocycles. The first-order valence-corrected chi connectivity index (χ1v) is 7.65. The largest absolute Gasteiger partial charge is 0.302 e. The van der Waals surface area contributed by atoms with Crippen molar-refractivity contribution in [3.05, 3.63) is 30.1 Å². The average molecular weight is 304 g/mol. The third-order valence-corrected chi connectivity index (χ3v) is 3.82. The zero-order valence-electron chi connectivity index (χ0n) is 12.2. The minimum absolute atomic E-state index is 0.228. The molecular formula is C15H17FN4S. The number of benzene rings is 1. The summed E-state index contributed by atoms with van der Waals surface area (Å²) < 4.78 is 15.9. The molecule has 1 atom stereocenters. The Morgan fingerprint density at radius 1 is 1.29 bits per heavy atom. The second-order valence-corrected chi connectivity index (χ2v) is 6.49. The maximum absolute atomic E-state index is 14.0. The molecule has 1 heterocycles. The molecule has 0 fully saturated rings. The van der Waals surface area contributed by atoms with Gasteiger partial charge in [0.15, 0.2) is 11.0 Å². The van der Waals surface area contributed by atoms with E-state index in [0.717, 1.165) is 0 Å². The summed E-state index contributed by atoms with van der Waals surface area (Å²) >= 11 is 1.34. The molecule has 1 unspecified atom stereocenters. The molecule has 2 aromatic rings. The quantitative estimate of drug-likeness (QED) is 0.790. The van der Waals surface area contributed by atoms with Crippen molar-refractivity contribution in [2.45, 2.75) is 37.7 Å². The first-order valence-electron chi connectivity index (χ1n) is 6.77. The summed E-state index contributed by atoms with van der Waals surface area (Å²) in [4.78, 5) is 0. The van der Waals surface area contributed by atoms with Crippen LogP contribution < -0.4 is 0 Å². The maximum atomic E-state index is 14.0. The van der Waals surface area contributed by atoms with E-state index in [4.69, 9.17) is 5.26 Å². The molecule has 0 spiro atoms. The number of nitrogens with zero attached hydrogens (tertiary/aromatic N) is 4. The standard InChI is InChI=1S/C15H17FN4S/c1-10(2)9-20-14(12-6-4-5-7-13(12)16)18-19-15(20)21-11(3)8-17/h4-7,10-11H,9H2,1-3H3. The topological polar surface area (TPSA) is 54.5 Å². The van der Waals surface area contributed by atoms with Crippen LogP contribution in [-0.4, -0.2) is 20.0 Å². The van der Waals surface area contributed by atoms with Gasteiger partial charge in [0.05, 0.1) is 16.9 Å². The Kier molecular flexibility index (Phi) is 4.97. The lowest BCUT2D eigenvalue weighted by molar-refractivity contribution is 0.496. The van der Waals surface area contributed by atoms with E-state index in [1.807, 2.05) is 11.5 Å². The summed E-state index contributed by atoms with van der Waals surface area (Å²) in [5.74, 6) is 0.553. The molecule has 4 nitrogen and oxygen atoms in total. The predicted octanol–water partition coefficient (Wildman–Crippen LogP) is 3.74. The van der Waals surface area contributed by atoms with Gasteiger partial charge in [-0.05, 0) is 25.0 Å². The molecule has 0 bridgehead atoms. The van der Waals surface area contributed by atoms with Gasteiger partial charge in [-0.1, -0.05) is 37.7 Å². The number of hydrogen-bond acceptors (Lipinski definition) is 4. The van der Waals surface area contributed by atoms with E-state index in [1.54, 1.807) is 18.2 Å².